The molecule has 160 valence electrons. The van der Waals surface area contributed by atoms with E-state index in [-0.39, 0.29) is 20.4 Å². The van der Waals surface area contributed by atoms with Crippen molar-refractivity contribution in [1.29, 1.82) is 0 Å². The summed E-state index contributed by atoms with van der Waals surface area (Å²) in [7, 11) is 0. The molecule has 30 heavy (non-hydrogen) atoms. The van der Waals surface area contributed by atoms with Crippen molar-refractivity contribution in [2.45, 2.75) is 47.1 Å². The van der Waals surface area contributed by atoms with Crippen molar-refractivity contribution >= 4 is 63.6 Å². The fraction of sp³-hybridized carbons (Fsp3) is 0.522. The number of benzene rings is 2. The number of fused-ring (bicyclic) bond motifs is 3. The molecule has 2 aromatic rings. The molecule has 3 aliphatic rings. The van der Waals surface area contributed by atoms with Gasteiger partial charge >= 0.3 is 0 Å². The van der Waals surface area contributed by atoms with Gasteiger partial charge in [0.25, 0.3) is 0 Å². The number of ketones is 1. The summed E-state index contributed by atoms with van der Waals surface area (Å²) in [6, 6.07) is 10.2. The van der Waals surface area contributed by atoms with Crippen molar-refractivity contribution in [3.8, 4) is 5.75 Å². The zero-order valence-electron chi connectivity index (χ0n) is 17.2. The van der Waals surface area contributed by atoms with Gasteiger partial charge in [-0.25, -0.2) is 0 Å². The molecular weight excluding hydrogens is 453 g/mol. The number of carbonyl (C=O) groups is 1. The molecule has 2 saturated heterocycles. The Kier molecular flexibility index (Phi) is 5.58. The van der Waals surface area contributed by atoms with Crippen molar-refractivity contribution in [1.82, 2.24) is 0 Å². The van der Waals surface area contributed by atoms with E-state index in [4.69, 9.17) is 4.74 Å². The molecule has 3 heterocycles. The summed E-state index contributed by atoms with van der Waals surface area (Å²) >= 11 is 7.65. The maximum absolute atomic E-state index is 13.5. The van der Waals surface area contributed by atoms with Gasteiger partial charge in [-0.2, -0.15) is 0 Å². The number of ether oxygens (including phenoxy) is 1. The zero-order valence-corrected chi connectivity index (χ0v) is 20.5. The van der Waals surface area contributed by atoms with Crippen LogP contribution in [0.1, 0.15) is 42.6 Å². The highest BCUT2D eigenvalue weighted by atomic mass is 32.2. The molecule has 0 aliphatic carbocycles. The molecule has 5 rings (SSSR count). The largest absolute Gasteiger partial charge is 0.461 e. The maximum atomic E-state index is 13.5. The van der Waals surface area contributed by atoms with Crippen LogP contribution in [-0.2, 0) is 6.42 Å². The van der Waals surface area contributed by atoms with Crippen molar-refractivity contribution in [3.63, 3.8) is 0 Å². The third kappa shape index (κ3) is 4.01. The van der Waals surface area contributed by atoms with Gasteiger partial charge in [0.2, 0.25) is 5.79 Å². The minimum Gasteiger partial charge on any atom is -0.461 e. The van der Waals surface area contributed by atoms with E-state index in [9.17, 15) is 9.90 Å². The van der Waals surface area contributed by atoms with E-state index in [1.165, 1.54) is 0 Å². The second-order valence-electron chi connectivity index (χ2n) is 8.62. The highest BCUT2D eigenvalue weighted by Gasteiger charge is 2.47. The van der Waals surface area contributed by atoms with Crippen LogP contribution in [0.15, 0.2) is 30.3 Å². The molecule has 0 saturated carbocycles. The van der Waals surface area contributed by atoms with E-state index in [0.29, 0.717) is 17.7 Å². The standard InChI is InChI=1S/C23H26O3S4/c1-21(27-7-8-28-21)12-16-11-15-5-3-4-6-17(15)20-19(16)18(24)13-23(25,26-20)14-22(2)29-9-10-30-22/h3-6,11,25H,7-10,12-14H2,1-2H3. The SMILES string of the molecule is CC1(Cc2cc3ccccc3c3c2C(=O)CC(O)(CC2(C)SCCS2)O3)SCCS1. The van der Waals surface area contributed by atoms with Crippen LogP contribution in [-0.4, -0.2) is 47.8 Å². The zero-order chi connectivity index (χ0) is 21.0. The first kappa shape index (κ1) is 21.4. The van der Waals surface area contributed by atoms with Gasteiger partial charge in [0, 0.05) is 34.8 Å². The molecule has 7 heteroatoms. The summed E-state index contributed by atoms with van der Waals surface area (Å²) in [5.41, 5.74) is 1.74. The van der Waals surface area contributed by atoms with E-state index >= 15 is 0 Å². The molecule has 0 aromatic heterocycles. The summed E-state index contributed by atoms with van der Waals surface area (Å²) in [6.45, 7) is 4.43. The van der Waals surface area contributed by atoms with Crippen molar-refractivity contribution in [2.24, 2.45) is 0 Å². The van der Waals surface area contributed by atoms with Gasteiger partial charge in [-0.3, -0.25) is 4.79 Å². The molecule has 0 bridgehead atoms. The predicted molar refractivity (Wildman–Crippen MR) is 133 cm³/mol. The Bertz CT molecular complexity index is 995. The van der Waals surface area contributed by atoms with Crippen LogP contribution in [0.5, 0.6) is 5.75 Å². The Labute approximate surface area is 194 Å². The molecule has 2 aromatic carbocycles. The highest BCUT2D eigenvalue weighted by Crippen LogP contribution is 2.52. The summed E-state index contributed by atoms with van der Waals surface area (Å²) in [5.74, 6) is 3.57. The van der Waals surface area contributed by atoms with Gasteiger partial charge in [-0.15, -0.1) is 47.0 Å². The fourth-order valence-corrected chi connectivity index (χ4v) is 10.6. The van der Waals surface area contributed by atoms with Crippen LogP contribution in [0.25, 0.3) is 10.8 Å². The van der Waals surface area contributed by atoms with Crippen LogP contribution in [0.2, 0.25) is 0 Å². The van der Waals surface area contributed by atoms with Crippen LogP contribution < -0.4 is 4.74 Å². The maximum Gasteiger partial charge on any atom is 0.217 e. The summed E-state index contributed by atoms with van der Waals surface area (Å²) in [6.07, 6.45) is 1.30. The topological polar surface area (TPSA) is 46.5 Å². The monoisotopic (exact) mass is 478 g/mol. The van der Waals surface area contributed by atoms with Gasteiger partial charge in [0.1, 0.15) is 5.75 Å². The van der Waals surface area contributed by atoms with Crippen molar-refractivity contribution in [3.05, 3.63) is 41.5 Å². The second kappa shape index (κ2) is 7.84. The number of hydrogen-bond acceptors (Lipinski definition) is 7. The van der Waals surface area contributed by atoms with Crippen molar-refractivity contribution in [2.75, 3.05) is 23.0 Å². The first-order valence-corrected chi connectivity index (χ1v) is 14.3. The Morgan fingerprint density at radius 1 is 1.00 bits per heavy atom. The quantitative estimate of drug-likeness (QED) is 0.594. The van der Waals surface area contributed by atoms with Gasteiger partial charge in [-0.05, 0) is 31.2 Å². The average molecular weight is 479 g/mol. The van der Waals surface area contributed by atoms with Crippen LogP contribution in [0.4, 0.5) is 0 Å². The lowest BCUT2D eigenvalue weighted by Crippen LogP contribution is -2.46. The molecule has 1 unspecified atom stereocenters. The van der Waals surface area contributed by atoms with Gasteiger partial charge in [-0.1, -0.05) is 30.3 Å². The second-order valence-corrected chi connectivity index (χ2v) is 15.5. The van der Waals surface area contributed by atoms with E-state index in [1.54, 1.807) is 0 Å². The van der Waals surface area contributed by atoms with Gasteiger partial charge in [0.05, 0.1) is 20.1 Å². The lowest BCUT2D eigenvalue weighted by molar-refractivity contribution is -0.144. The number of hydrogen-bond donors (Lipinski definition) is 1. The predicted octanol–water partition coefficient (Wildman–Crippen LogP) is 5.82. The number of thioether (sulfide) groups is 4. The summed E-state index contributed by atoms with van der Waals surface area (Å²) < 4.78 is 6.32. The molecule has 0 radical (unpaired) electrons. The third-order valence-corrected chi connectivity index (χ3v) is 12.6. The smallest absolute Gasteiger partial charge is 0.217 e. The number of rotatable bonds is 4. The Morgan fingerprint density at radius 2 is 1.63 bits per heavy atom. The van der Waals surface area contributed by atoms with Crippen LogP contribution in [0, 0.1) is 0 Å². The number of aliphatic hydroxyl groups is 1. The molecule has 1 N–H and O–H groups in total. The first-order chi connectivity index (χ1) is 14.3. The lowest BCUT2D eigenvalue weighted by Gasteiger charge is -2.39. The Balaban J connectivity index is 1.58. The summed E-state index contributed by atoms with van der Waals surface area (Å²) in [5, 5.41) is 13.4. The van der Waals surface area contributed by atoms with E-state index in [0.717, 1.165) is 45.8 Å². The highest BCUT2D eigenvalue weighted by molar-refractivity contribution is 8.21. The molecular formula is C23H26O3S4. The van der Waals surface area contributed by atoms with E-state index in [2.05, 4.69) is 26.0 Å². The average Bonchev–Trinajstić information content (AvgIpc) is 3.29. The molecule has 0 spiro atoms. The normalized spacial score (nSPS) is 27.2. The summed E-state index contributed by atoms with van der Waals surface area (Å²) in [4.78, 5) is 13.5. The van der Waals surface area contributed by atoms with Gasteiger partial charge < -0.3 is 9.84 Å². The van der Waals surface area contributed by atoms with Crippen LogP contribution in [0.3, 0.4) is 0 Å². The van der Waals surface area contributed by atoms with E-state index < -0.39 is 5.79 Å². The number of carbonyl (C=O) groups excluding carboxylic acids is 1. The Hall–Kier alpha value is -0.470. The molecule has 3 nitrogen and oxygen atoms in total. The number of Topliss-reactive ketones (excluding diaryl/α,β-unsaturated/α-hetero) is 1. The fourth-order valence-electron chi connectivity index (χ4n) is 4.75. The van der Waals surface area contributed by atoms with Crippen molar-refractivity contribution < 1.29 is 14.6 Å². The van der Waals surface area contributed by atoms with Crippen LogP contribution >= 0.6 is 47.0 Å². The molecule has 0 amide bonds. The lowest BCUT2D eigenvalue weighted by atomic mass is 9.88. The third-order valence-electron chi connectivity index (χ3n) is 6.00. The minimum absolute atomic E-state index is 0.00713. The molecule has 2 fully saturated rings. The molecule has 1 atom stereocenters. The first-order valence-electron chi connectivity index (χ1n) is 10.3. The van der Waals surface area contributed by atoms with E-state index in [1.807, 2.05) is 65.2 Å². The molecule has 3 aliphatic heterocycles. The minimum atomic E-state index is -1.45. The Morgan fingerprint density at radius 3 is 2.33 bits per heavy atom. The van der Waals surface area contributed by atoms with Gasteiger partial charge in [0.15, 0.2) is 5.78 Å².